The molecule has 0 atom stereocenters. The predicted octanol–water partition coefficient (Wildman–Crippen LogP) is 0.241. The van der Waals surface area contributed by atoms with Gasteiger partial charge in [-0.3, -0.25) is 9.89 Å². The molecule has 2 rings (SSSR count). The first-order valence-electron chi connectivity index (χ1n) is 5.57. The van der Waals surface area contributed by atoms with Crippen molar-refractivity contribution in [3.8, 4) is 17.1 Å². The lowest BCUT2D eigenvalue weighted by atomic mass is 10.1. The predicted molar refractivity (Wildman–Crippen MR) is 70.1 cm³/mol. The molecule has 0 unspecified atom stereocenters. The molecular weight excluding hydrogens is 284 g/mol. The average Bonchev–Trinajstić information content (AvgIpc) is 2.93. The highest BCUT2D eigenvalue weighted by Crippen LogP contribution is 2.29. The highest BCUT2D eigenvalue weighted by atomic mass is 32.2. The second-order valence-corrected chi connectivity index (χ2v) is 4.68. The van der Waals surface area contributed by atoms with Crippen LogP contribution in [0.4, 0.5) is 5.69 Å². The number of aromatic nitrogens is 3. The lowest BCUT2D eigenvalue weighted by Gasteiger charge is -2.05. The number of carboxylic acid groups (broad SMARTS) is 1. The highest BCUT2D eigenvalue weighted by Gasteiger charge is 2.14. The number of hydrogen-bond donors (Lipinski definition) is 4. The van der Waals surface area contributed by atoms with Crippen molar-refractivity contribution in [1.82, 2.24) is 15.2 Å². The molecule has 0 aliphatic carbocycles. The minimum atomic E-state index is -0.934. The van der Waals surface area contributed by atoms with E-state index in [0.717, 1.165) is 17.2 Å². The van der Waals surface area contributed by atoms with Crippen molar-refractivity contribution in [3.63, 3.8) is 0 Å². The second-order valence-electron chi connectivity index (χ2n) is 3.74. The second kappa shape index (κ2) is 6.37. The molecule has 1 aromatic heterocycles. The van der Waals surface area contributed by atoms with Crippen LogP contribution in [0, 0.1) is 0 Å². The summed E-state index contributed by atoms with van der Waals surface area (Å²) < 4.78 is 5.22. The van der Waals surface area contributed by atoms with E-state index in [1.165, 1.54) is 7.11 Å². The maximum atomic E-state index is 10.5. The highest BCUT2D eigenvalue weighted by molar-refractivity contribution is 7.99. The molecule has 9 heteroatoms. The van der Waals surface area contributed by atoms with Gasteiger partial charge in [-0.2, -0.15) is 5.48 Å². The summed E-state index contributed by atoms with van der Waals surface area (Å²) in [6, 6.07) is 5.08. The Balaban J connectivity index is 2.28. The van der Waals surface area contributed by atoms with Crippen molar-refractivity contribution in [2.75, 3.05) is 12.9 Å². The van der Waals surface area contributed by atoms with E-state index >= 15 is 0 Å². The first-order valence-corrected chi connectivity index (χ1v) is 6.55. The quantitative estimate of drug-likeness (QED) is 0.342. The fourth-order valence-corrected chi connectivity index (χ4v) is 2.07. The zero-order valence-corrected chi connectivity index (χ0v) is 11.3. The maximum absolute atomic E-state index is 10.5. The number of carbonyl (C=O) groups is 1. The number of hydrogen-bond acceptors (Lipinski definition) is 6. The lowest BCUT2D eigenvalue weighted by molar-refractivity contribution is -0.825. The number of H-pyrrole nitrogens is 1. The molecule has 8 nitrogen and oxygen atoms in total. The van der Waals surface area contributed by atoms with Crippen LogP contribution in [0.1, 0.15) is 0 Å². The van der Waals surface area contributed by atoms with E-state index in [2.05, 4.69) is 15.2 Å². The van der Waals surface area contributed by atoms with E-state index in [1.54, 1.807) is 18.2 Å². The van der Waals surface area contributed by atoms with Gasteiger partial charge < -0.3 is 9.84 Å². The number of nitrogens with zero attached hydrogens (tertiary/aromatic N) is 2. The SMILES string of the molecule is COc1ccc([NH2+]O)cc1-c1nc(SCC(=O)O)n[nH]1. The zero-order chi connectivity index (χ0) is 14.5. The van der Waals surface area contributed by atoms with E-state index in [1.807, 2.05) is 0 Å². The normalized spacial score (nSPS) is 10.5. The number of aliphatic carboxylic acids is 1. The van der Waals surface area contributed by atoms with Gasteiger partial charge in [-0.15, -0.1) is 5.10 Å². The van der Waals surface area contributed by atoms with Gasteiger partial charge in [0.25, 0.3) is 0 Å². The maximum Gasteiger partial charge on any atom is 0.313 e. The summed E-state index contributed by atoms with van der Waals surface area (Å²) in [5.41, 5.74) is 2.20. The fraction of sp³-hybridized carbons (Fsp3) is 0.182. The van der Waals surface area contributed by atoms with Gasteiger partial charge in [0, 0.05) is 12.1 Å². The van der Waals surface area contributed by atoms with Gasteiger partial charge >= 0.3 is 5.97 Å². The number of aromatic amines is 1. The van der Waals surface area contributed by atoms with Gasteiger partial charge in [0.2, 0.25) is 5.16 Å². The van der Waals surface area contributed by atoms with Crippen molar-refractivity contribution >= 4 is 23.4 Å². The summed E-state index contributed by atoms with van der Waals surface area (Å²) in [5.74, 6) is -0.0328. The number of nitrogens with two attached hydrogens (primary N) is 1. The Morgan fingerprint density at radius 1 is 1.55 bits per heavy atom. The first kappa shape index (κ1) is 14.3. The topological polar surface area (TPSA) is 125 Å². The van der Waals surface area contributed by atoms with Gasteiger partial charge in [0.1, 0.15) is 5.75 Å². The molecule has 0 fully saturated rings. The third-order valence-corrected chi connectivity index (χ3v) is 3.25. The molecule has 0 amide bonds. The van der Waals surface area contributed by atoms with Crippen LogP contribution >= 0.6 is 11.8 Å². The van der Waals surface area contributed by atoms with Gasteiger partial charge in [-0.05, 0) is 6.07 Å². The van der Waals surface area contributed by atoms with Crippen LogP contribution in [0.5, 0.6) is 5.75 Å². The Hall–Kier alpha value is -2.10. The molecule has 0 bridgehead atoms. The molecule has 0 saturated carbocycles. The van der Waals surface area contributed by atoms with Crippen LogP contribution in [-0.4, -0.2) is 44.3 Å². The lowest BCUT2D eigenvalue weighted by Crippen LogP contribution is -2.73. The van der Waals surface area contributed by atoms with Crippen LogP contribution in [0.15, 0.2) is 23.4 Å². The number of quaternary nitrogens is 1. The number of ether oxygens (including phenoxy) is 1. The summed E-state index contributed by atoms with van der Waals surface area (Å²) in [4.78, 5) is 14.7. The Kier molecular flexibility index (Phi) is 4.56. The number of carboxylic acids is 1. The zero-order valence-electron chi connectivity index (χ0n) is 10.5. The van der Waals surface area contributed by atoms with Crippen LogP contribution in [-0.2, 0) is 4.79 Å². The molecule has 0 radical (unpaired) electrons. The van der Waals surface area contributed by atoms with E-state index in [9.17, 15) is 4.79 Å². The van der Waals surface area contributed by atoms with Crippen molar-refractivity contribution < 1.29 is 25.3 Å². The Morgan fingerprint density at radius 2 is 2.35 bits per heavy atom. The van der Waals surface area contributed by atoms with Crippen LogP contribution < -0.4 is 10.2 Å². The minimum Gasteiger partial charge on any atom is -0.496 e. The minimum absolute atomic E-state index is 0.112. The van der Waals surface area contributed by atoms with Gasteiger partial charge in [0.05, 0.1) is 18.4 Å². The van der Waals surface area contributed by atoms with E-state index in [-0.39, 0.29) is 5.75 Å². The number of nitrogens with one attached hydrogen (secondary N) is 1. The average molecular weight is 297 g/mol. The first-order chi connectivity index (χ1) is 9.63. The van der Waals surface area contributed by atoms with Crippen molar-refractivity contribution in [2.45, 2.75) is 5.16 Å². The van der Waals surface area contributed by atoms with Crippen LogP contribution in [0.25, 0.3) is 11.4 Å². The van der Waals surface area contributed by atoms with Crippen molar-refractivity contribution in [3.05, 3.63) is 18.2 Å². The van der Waals surface area contributed by atoms with Crippen molar-refractivity contribution in [1.29, 1.82) is 0 Å². The number of thioether (sulfide) groups is 1. The molecule has 1 aromatic carbocycles. The Bertz CT molecular complexity index is 616. The smallest absolute Gasteiger partial charge is 0.313 e. The van der Waals surface area contributed by atoms with E-state index in [0.29, 0.717) is 28.0 Å². The molecule has 0 saturated heterocycles. The van der Waals surface area contributed by atoms with E-state index < -0.39 is 5.97 Å². The number of methoxy groups -OCH3 is 1. The standard InChI is InChI=1S/C11H12N4O4S/c1-19-8-3-2-6(15-18)4-7(8)10-12-11(14-13-10)20-5-9(16)17/h2-4,15,18H,5H2,1H3,(H,16,17)(H,12,13,14)/p+1. The molecule has 0 aliphatic heterocycles. The summed E-state index contributed by atoms with van der Waals surface area (Å²) in [6.07, 6.45) is 0. The molecule has 0 aliphatic rings. The Morgan fingerprint density at radius 3 is 3.00 bits per heavy atom. The van der Waals surface area contributed by atoms with Gasteiger partial charge in [0.15, 0.2) is 11.5 Å². The third kappa shape index (κ3) is 3.26. The molecule has 5 N–H and O–H groups in total. The monoisotopic (exact) mass is 297 g/mol. The van der Waals surface area contributed by atoms with Gasteiger partial charge in [-0.1, -0.05) is 11.8 Å². The molecular formula is C11H13N4O4S+. The van der Waals surface area contributed by atoms with Crippen LogP contribution in [0.2, 0.25) is 0 Å². The molecule has 20 heavy (non-hydrogen) atoms. The largest absolute Gasteiger partial charge is 0.496 e. The van der Waals surface area contributed by atoms with E-state index in [4.69, 9.17) is 15.1 Å². The fourth-order valence-electron chi connectivity index (χ4n) is 1.55. The number of rotatable bonds is 6. The summed E-state index contributed by atoms with van der Waals surface area (Å²) in [6.45, 7) is 0. The van der Waals surface area contributed by atoms with Gasteiger partial charge in [-0.25, -0.2) is 10.2 Å². The van der Waals surface area contributed by atoms with Crippen LogP contribution in [0.3, 0.4) is 0 Å². The Labute approximate surface area is 118 Å². The molecule has 2 aromatic rings. The number of benzene rings is 1. The third-order valence-electron chi connectivity index (χ3n) is 2.42. The molecule has 106 valence electrons. The summed E-state index contributed by atoms with van der Waals surface area (Å²) >= 11 is 1.02. The summed E-state index contributed by atoms with van der Waals surface area (Å²) in [7, 11) is 1.53. The summed E-state index contributed by atoms with van der Waals surface area (Å²) in [5, 5.41) is 24.6. The van der Waals surface area contributed by atoms with Crippen molar-refractivity contribution in [2.24, 2.45) is 0 Å². The molecule has 0 spiro atoms. The molecule has 1 heterocycles.